The molecule has 0 aromatic rings. The second-order valence-electron chi connectivity index (χ2n) is 3.75. The van der Waals surface area contributed by atoms with Gasteiger partial charge in [-0.05, 0) is 39.2 Å². The molecule has 1 saturated heterocycles. The minimum Gasteiger partial charge on any atom is -0.301 e. The standard InChI is InChI=1S/C9H18ClN/c1-8(2)11-5-3-4-9(6-10)7-11/h8-9H,3-7H2,1-2H3. The molecule has 1 nitrogen and oxygen atoms in total. The lowest BCUT2D eigenvalue weighted by Gasteiger charge is -2.34. The Balaban J connectivity index is 2.33. The summed E-state index contributed by atoms with van der Waals surface area (Å²) >= 11 is 5.82. The number of nitrogens with zero attached hydrogens (tertiary/aromatic N) is 1. The van der Waals surface area contributed by atoms with Gasteiger partial charge in [-0.1, -0.05) is 0 Å². The number of likely N-dealkylation sites (tertiary alicyclic amines) is 1. The maximum atomic E-state index is 5.82. The number of hydrogen-bond acceptors (Lipinski definition) is 1. The van der Waals surface area contributed by atoms with Crippen LogP contribution in [0.5, 0.6) is 0 Å². The first-order valence-corrected chi connectivity index (χ1v) is 5.07. The van der Waals surface area contributed by atoms with Gasteiger partial charge in [0.15, 0.2) is 0 Å². The van der Waals surface area contributed by atoms with E-state index in [1.54, 1.807) is 0 Å². The molecule has 1 rings (SSSR count). The molecule has 0 aromatic carbocycles. The Kier molecular flexibility index (Phi) is 3.67. The van der Waals surface area contributed by atoms with E-state index in [9.17, 15) is 0 Å². The molecule has 66 valence electrons. The zero-order valence-corrected chi connectivity index (χ0v) is 8.27. The largest absolute Gasteiger partial charge is 0.301 e. The van der Waals surface area contributed by atoms with Crippen molar-refractivity contribution in [2.24, 2.45) is 5.92 Å². The molecule has 0 spiro atoms. The summed E-state index contributed by atoms with van der Waals surface area (Å²) in [5, 5.41) is 0. The van der Waals surface area contributed by atoms with Crippen molar-refractivity contribution in [1.29, 1.82) is 0 Å². The van der Waals surface area contributed by atoms with Crippen LogP contribution in [0, 0.1) is 5.92 Å². The van der Waals surface area contributed by atoms with Crippen LogP contribution >= 0.6 is 11.6 Å². The van der Waals surface area contributed by atoms with E-state index in [2.05, 4.69) is 18.7 Å². The molecule has 0 bridgehead atoms. The van der Waals surface area contributed by atoms with Crippen molar-refractivity contribution in [3.63, 3.8) is 0 Å². The Bertz CT molecular complexity index is 114. The fourth-order valence-electron chi connectivity index (χ4n) is 1.69. The predicted molar refractivity (Wildman–Crippen MR) is 50.2 cm³/mol. The van der Waals surface area contributed by atoms with Crippen LogP contribution in [0.3, 0.4) is 0 Å². The maximum absolute atomic E-state index is 5.82. The summed E-state index contributed by atoms with van der Waals surface area (Å²) in [5.41, 5.74) is 0. The Hall–Kier alpha value is 0.250. The molecule has 11 heavy (non-hydrogen) atoms. The first-order valence-electron chi connectivity index (χ1n) is 4.54. The fourth-order valence-corrected chi connectivity index (χ4v) is 1.94. The Labute approximate surface area is 74.7 Å². The van der Waals surface area contributed by atoms with E-state index in [1.807, 2.05) is 0 Å². The first kappa shape index (κ1) is 9.34. The summed E-state index contributed by atoms with van der Waals surface area (Å²) in [7, 11) is 0. The second-order valence-corrected chi connectivity index (χ2v) is 4.06. The highest BCUT2D eigenvalue weighted by atomic mass is 35.5. The Morgan fingerprint density at radius 1 is 1.55 bits per heavy atom. The topological polar surface area (TPSA) is 3.24 Å². The van der Waals surface area contributed by atoms with Crippen LogP contribution in [0.4, 0.5) is 0 Å². The summed E-state index contributed by atoms with van der Waals surface area (Å²) in [4.78, 5) is 2.52. The van der Waals surface area contributed by atoms with Gasteiger partial charge in [0.25, 0.3) is 0 Å². The van der Waals surface area contributed by atoms with Crippen LogP contribution in [0.2, 0.25) is 0 Å². The lowest BCUT2D eigenvalue weighted by atomic mass is 9.99. The SMILES string of the molecule is CC(C)N1CCCC(CCl)C1. The van der Waals surface area contributed by atoms with Gasteiger partial charge in [-0.25, -0.2) is 0 Å². The molecule has 1 fully saturated rings. The Morgan fingerprint density at radius 2 is 2.27 bits per heavy atom. The van der Waals surface area contributed by atoms with E-state index >= 15 is 0 Å². The van der Waals surface area contributed by atoms with Crippen molar-refractivity contribution >= 4 is 11.6 Å². The number of piperidine rings is 1. The number of hydrogen-bond donors (Lipinski definition) is 0. The lowest BCUT2D eigenvalue weighted by molar-refractivity contribution is 0.149. The fraction of sp³-hybridized carbons (Fsp3) is 1.00. The molecular formula is C9H18ClN. The third kappa shape index (κ3) is 2.64. The van der Waals surface area contributed by atoms with Gasteiger partial charge in [-0.15, -0.1) is 11.6 Å². The molecule has 0 aliphatic carbocycles. The van der Waals surface area contributed by atoms with Gasteiger partial charge in [0.05, 0.1) is 0 Å². The van der Waals surface area contributed by atoms with Gasteiger partial charge < -0.3 is 4.90 Å². The summed E-state index contributed by atoms with van der Waals surface area (Å²) in [5.74, 6) is 1.58. The van der Waals surface area contributed by atoms with E-state index in [-0.39, 0.29) is 0 Å². The van der Waals surface area contributed by atoms with E-state index in [0.717, 1.165) is 11.8 Å². The molecular weight excluding hydrogens is 158 g/mol. The molecule has 0 radical (unpaired) electrons. The van der Waals surface area contributed by atoms with E-state index in [1.165, 1.54) is 25.9 Å². The van der Waals surface area contributed by atoms with Crippen molar-refractivity contribution in [2.75, 3.05) is 19.0 Å². The highest BCUT2D eigenvalue weighted by Gasteiger charge is 2.20. The van der Waals surface area contributed by atoms with Crippen LogP contribution in [0.25, 0.3) is 0 Å². The number of rotatable bonds is 2. The van der Waals surface area contributed by atoms with Crippen molar-refractivity contribution < 1.29 is 0 Å². The molecule has 1 unspecified atom stereocenters. The summed E-state index contributed by atoms with van der Waals surface area (Å²) in [6.45, 7) is 7.00. The predicted octanol–water partition coefficient (Wildman–Crippen LogP) is 2.35. The highest BCUT2D eigenvalue weighted by Crippen LogP contribution is 2.18. The highest BCUT2D eigenvalue weighted by molar-refractivity contribution is 6.18. The molecule has 0 aromatic heterocycles. The minimum atomic E-state index is 0.695. The second kappa shape index (κ2) is 4.32. The molecule has 0 amide bonds. The van der Waals surface area contributed by atoms with Crippen molar-refractivity contribution in [3.05, 3.63) is 0 Å². The zero-order chi connectivity index (χ0) is 8.27. The maximum Gasteiger partial charge on any atom is 0.0263 e. The van der Waals surface area contributed by atoms with Crippen LogP contribution < -0.4 is 0 Å². The van der Waals surface area contributed by atoms with Gasteiger partial charge in [-0.3, -0.25) is 0 Å². The van der Waals surface area contributed by atoms with Crippen molar-refractivity contribution in [1.82, 2.24) is 4.90 Å². The van der Waals surface area contributed by atoms with Gasteiger partial charge in [0.1, 0.15) is 0 Å². The normalized spacial score (nSPS) is 27.8. The minimum absolute atomic E-state index is 0.695. The molecule has 1 atom stereocenters. The zero-order valence-electron chi connectivity index (χ0n) is 7.52. The van der Waals surface area contributed by atoms with Gasteiger partial charge in [0, 0.05) is 18.5 Å². The Morgan fingerprint density at radius 3 is 2.82 bits per heavy atom. The summed E-state index contributed by atoms with van der Waals surface area (Å²) < 4.78 is 0. The number of halogens is 1. The van der Waals surface area contributed by atoms with Crippen molar-refractivity contribution in [3.8, 4) is 0 Å². The monoisotopic (exact) mass is 175 g/mol. The quantitative estimate of drug-likeness (QED) is 0.583. The van der Waals surface area contributed by atoms with Crippen LogP contribution in [0.1, 0.15) is 26.7 Å². The average Bonchev–Trinajstić information content (AvgIpc) is 2.05. The first-order chi connectivity index (χ1) is 5.24. The van der Waals surface area contributed by atoms with E-state index < -0.39 is 0 Å². The molecule has 2 heteroatoms. The average molecular weight is 176 g/mol. The van der Waals surface area contributed by atoms with Crippen molar-refractivity contribution in [2.45, 2.75) is 32.7 Å². The molecule has 0 saturated carbocycles. The smallest absolute Gasteiger partial charge is 0.0263 e. The van der Waals surface area contributed by atoms with Crippen LogP contribution in [-0.4, -0.2) is 29.9 Å². The van der Waals surface area contributed by atoms with Gasteiger partial charge in [0.2, 0.25) is 0 Å². The summed E-state index contributed by atoms with van der Waals surface area (Å²) in [6, 6.07) is 0.695. The van der Waals surface area contributed by atoms with Crippen LogP contribution in [0.15, 0.2) is 0 Å². The molecule has 0 N–H and O–H groups in total. The molecule has 1 heterocycles. The number of alkyl halides is 1. The van der Waals surface area contributed by atoms with Crippen LogP contribution in [-0.2, 0) is 0 Å². The summed E-state index contributed by atoms with van der Waals surface area (Å²) in [6.07, 6.45) is 2.66. The van der Waals surface area contributed by atoms with E-state index in [0.29, 0.717) is 6.04 Å². The van der Waals surface area contributed by atoms with E-state index in [4.69, 9.17) is 11.6 Å². The third-order valence-electron chi connectivity index (χ3n) is 2.50. The molecule has 1 aliphatic heterocycles. The van der Waals surface area contributed by atoms with Gasteiger partial charge >= 0.3 is 0 Å². The third-order valence-corrected chi connectivity index (χ3v) is 2.94. The van der Waals surface area contributed by atoms with Gasteiger partial charge in [-0.2, -0.15) is 0 Å². The lowest BCUT2D eigenvalue weighted by Crippen LogP contribution is -2.40. The molecule has 1 aliphatic rings.